The first-order valence-electron chi connectivity index (χ1n) is 11.3. The summed E-state index contributed by atoms with van der Waals surface area (Å²) in [6, 6.07) is 15.6. The van der Waals surface area contributed by atoms with Crippen LogP contribution < -0.4 is 19.5 Å². The number of anilines is 1. The molecule has 1 aliphatic heterocycles. The smallest absolute Gasteiger partial charge is 0.294 e. The van der Waals surface area contributed by atoms with Gasteiger partial charge in [0.2, 0.25) is 5.91 Å². The fourth-order valence-corrected chi connectivity index (χ4v) is 5.67. The van der Waals surface area contributed by atoms with Crippen molar-refractivity contribution in [2.75, 3.05) is 26.1 Å². The van der Waals surface area contributed by atoms with Crippen LogP contribution in [0.1, 0.15) is 11.1 Å². The van der Waals surface area contributed by atoms with E-state index in [1.165, 1.54) is 20.3 Å². The highest BCUT2D eigenvalue weighted by atomic mass is 127. The van der Waals surface area contributed by atoms with Gasteiger partial charge in [-0.05, 0) is 82.4 Å². The molecule has 0 bridgehead atoms. The van der Waals surface area contributed by atoms with Crippen LogP contribution in [-0.2, 0) is 16.2 Å². The lowest BCUT2D eigenvalue weighted by molar-refractivity contribution is -0.127. The Morgan fingerprint density at radius 3 is 2.46 bits per heavy atom. The molecule has 1 fully saturated rings. The maximum absolute atomic E-state index is 13.0. The number of amides is 3. The maximum atomic E-state index is 13.0. The highest BCUT2D eigenvalue weighted by Gasteiger charge is 2.36. The van der Waals surface area contributed by atoms with E-state index in [-0.39, 0.29) is 11.5 Å². The number of ether oxygens (including phenoxy) is 3. The van der Waals surface area contributed by atoms with Crippen LogP contribution in [0.5, 0.6) is 17.2 Å². The molecule has 3 aromatic rings. The molecule has 0 aromatic heterocycles. The summed E-state index contributed by atoms with van der Waals surface area (Å²) in [5, 5.41) is 3.00. The average Bonchev–Trinajstić information content (AvgIpc) is 3.15. The topological polar surface area (TPSA) is 94.2 Å². The lowest BCUT2D eigenvalue weighted by Crippen LogP contribution is -2.36. The van der Waals surface area contributed by atoms with Crippen molar-refractivity contribution >= 4 is 86.4 Å². The summed E-state index contributed by atoms with van der Waals surface area (Å²) in [5.41, 5.74) is 1.87. The number of thioether (sulfide) groups is 1. The summed E-state index contributed by atoms with van der Waals surface area (Å²) in [6.07, 6.45) is 1.58. The SMILES string of the molecule is COc1ccc(NC(=O)CN2C(=O)S/C(=C/c3cc(I)c(OCc4ccccc4Cl)c(OC)c3)C2=O)cc1Cl. The molecule has 3 amide bonds. The predicted octanol–water partition coefficient (Wildman–Crippen LogP) is 6.87. The van der Waals surface area contributed by atoms with Gasteiger partial charge in [-0.2, -0.15) is 0 Å². The summed E-state index contributed by atoms with van der Waals surface area (Å²) >= 11 is 15.2. The van der Waals surface area contributed by atoms with Gasteiger partial charge in [-0.1, -0.05) is 41.4 Å². The number of rotatable bonds is 9. The van der Waals surface area contributed by atoms with Gasteiger partial charge in [0, 0.05) is 16.3 Å². The minimum absolute atomic E-state index is 0.183. The van der Waals surface area contributed by atoms with Gasteiger partial charge in [0.1, 0.15) is 18.9 Å². The largest absolute Gasteiger partial charge is 0.495 e. The Hall–Kier alpha value is -2.93. The van der Waals surface area contributed by atoms with Gasteiger partial charge in [0.15, 0.2) is 11.5 Å². The van der Waals surface area contributed by atoms with Crippen LogP contribution in [0.2, 0.25) is 10.0 Å². The third-order valence-electron chi connectivity index (χ3n) is 5.49. The number of imide groups is 1. The Balaban J connectivity index is 1.46. The van der Waals surface area contributed by atoms with E-state index in [1.807, 2.05) is 18.2 Å². The molecule has 202 valence electrons. The summed E-state index contributed by atoms with van der Waals surface area (Å²) in [7, 11) is 2.99. The van der Waals surface area contributed by atoms with E-state index in [0.717, 1.165) is 25.8 Å². The molecule has 12 heteroatoms. The Kier molecular flexibility index (Phi) is 9.65. The van der Waals surface area contributed by atoms with E-state index in [0.29, 0.717) is 38.5 Å². The number of carbonyl (C=O) groups excluding carboxylic acids is 3. The van der Waals surface area contributed by atoms with Crippen LogP contribution in [0.15, 0.2) is 59.5 Å². The van der Waals surface area contributed by atoms with Crippen LogP contribution in [0.3, 0.4) is 0 Å². The van der Waals surface area contributed by atoms with Crippen LogP contribution in [0.4, 0.5) is 10.5 Å². The molecule has 0 radical (unpaired) electrons. The molecule has 39 heavy (non-hydrogen) atoms. The fraction of sp³-hybridized carbons (Fsp3) is 0.148. The molecular formula is C27H21Cl2IN2O6S. The first-order valence-corrected chi connectivity index (χ1v) is 14.0. The molecular weight excluding hydrogens is 678 g/mol. The Morgan fingerprint density at radius 1 is 1.03 bits per heavy atom. The Labute approximate surface area is 252 Å². The molecule has 3 aromatic carbocycles. The van der Waals surface area contributed by atoms with Gasteiger partial charge in [0.05, 0.1) is 27.7 Å². The molecule has 0 atom stereocenters. The van der Waals surface area contributed by atoms with Crippen molar-refractivity contribution < 1.29 is 28.6 Å². The predicted molar refractivity (Wildman–Crippen MR) is 161 cm³/mol. The van der Waals surface area contributed by atoms with E-state index < -0.39 is 23.6 Å². The first-order chi connectivity index (χ1) is 18.7. The zero-order valence-electron chi connectivity index (χ0n) is 20.6. The summed E-state index contributed by atoms with van der Waals surface area (Å²) in [6.45, 7) is -0.198. The second-order valence-electron chi connectivity index (χ2n) is 8.08. The van der Waals surface area contributed by atoms with E-state index >= 15 is 0 Å². The molecule has 0 aliphatic carbocycles. The third-order valence-corrected chi connectivity index (χ3v) is 7.86. The van der Waals surface area contributed by atoms with Crippen LogP contribution in [0.25, 0.3) is 6.08 Å². The quantitative estimate of drug-likeness (QED) is 0.193. The van der Waals surface area contributed by atoms with Crippen molar-refractivity contribution in [1.29, 1.82) is 0 Å². The van der Waals surface area contributed by atoms with E-state index in [9.17, 15) is 14.4 Å². The second-order valence-corrected chi connectivity index (χ2v) is 11.0. The van der Waals surface area contributed by atoms with Gasteiger partial charge in [-0.15, -0.1) is 0 Å². The van der Waals surface area contributed by atoms with Crippen molar-refractivity contribution in [3.63, 3.8) is 0 Å². The van der Waals surface area contributed by atoms with Crippen molar-refractivity contribution in [2.45, 2.75) is 6.61 Å². The number of nitrogens with zero attached hydrogens (tertiary/aromatic N) is 1. The summed E-state index contributed by atoms with van der Waals surface area (Å²) in [4.78, 5) is 39.1. The molecule has 0 saturated carbocycles. The number of benzene rings is 3. The highest BCUT2D eigenvalue weighted by molar-refractivity contribution is 14.1. The average molecular weight is 699 g/mol. The maximum Gasteiger partial charge on any atom is 0.294 e. The van der Waals surface area contributed by atoms with Crippen molar-refractivity contribution in [3.8, 4) is 17.2 Å². The van der Waals surface area contributed by atoms with E-state index in [1.54, 1.807) is 36.4 Å². The van der Waals surface area contributed by atoms with Crippen molar-refractivity contribution in [1.82, 2.24) is 4.90 Å². The lowest BCUT2D eigenvalue weighted by atomic mass is 10.1. The zero-order chi connectivity index (χ0) is 28.1. The third kappa shape index (κ3) is 6.99. The van der Waals surface area contributed by atoms with Gasteiger partial charge in [-0.3, -0.25) is 19.3 Å². The van der Waals surface area contributed by atoms with Crippen molar-refractivity contribution in [2.24, 2.45) is 0 Å². The van der Waals surface area contributed by atoms with E-state index in [4.69, 9.17) is 37.4 Å². The number of carbonyl (C=O) groups is 3. The second kappa shape index (κ2) is 12.9. The van der Waals surface area contributed by atoms with Crippen molar-refractivity contribution in [3.05, 3.63) is 84.2 Å². The summed E-state index contributed by atoms with van der Waals surface area (Å²) < 4.78 is 17.3. The Bertz CT molecular complexity index is 1480. The lowest BCUT2D eigenvalue weighted by Gasteiger charge is -2.14. The van der Waals surface area contributed by atoms with Crippen LogP contribution in [-0.4, -0.2) is 42.7 Å². The number of hydrogen-bond acceptors (Lipinski definition) is 7. The molecule has 1 aliphatic rings. The van der Waals surface area contributed by atoms with Gasteiger partial charge in [0.25, 0.3) is 11.1 Å². The Morgan fingerprint density at radius 2 is 1.77 bits per heavy atom. The van der Waals surface area contributed by atoms with Gasteiger partial charge >= 0.3 is 0 Å². The highest BCUT2D eigenvalue weighted by Crippen LogP contribution is 2.38. The molecule has 0 unspecified atom stereocenters. The normalized spacial score (nSPS) is 14.1. The van der Waals surface area contributed by atoms with Gasteiger partial charge < -0.3 is 19.5 Å². The minimum atomic E-state index is -0.569. The van der Waals surface area contributed by atoms with E-state index in [2.05, 4.69) is 27.9 Å². The van der Waals surface area contributed by atoms with Crippen LogP contribution in [0, 0.1) is 3.57 Å². The fourth-order valence-electron chi connectivity index (χ4n) is 3.60. The molecule has 8 nitrogen and oxygen atoms in total. The number of halogens is 3. The molecule has 1 heterocycles. The number of nitrogens with one attached hydrogen (secondary N) is 1. The zero-order valence-corrected chi connectivity index (χ0v) is 25.1. The first kappa shape index (κ1) is 29.1. The minimum Gasteiger partial charge on any atom is -0.495 e. The number of hydrogen-bond donors (Lipinski definition) is 1. The molecule has 1 saturated heterocycles. The number of methoxy groups -OCH3 is 2. The summed E-state index contributed by atoms with van der Waals surface area (Å²) in [5.74, 6) is 0.324. The van der Waals surface area contributed by atoms with Crippen LogP contribution >= 0.6 is 57.6 Å². The monoisotopic (exact) mass is 698 g/mol. The molecule has 0 spiro atoms. The standard InChI is InChI=1S/C27H21Cl2IN2O6S/c1-36-21-8-7-17(12-19(21)29)31-24(33)13-32-26(34)23(39-27(32)35)11-15-9-20(30)25(22(10-15)37-2)38-14-16-5-3-4-6-18(16)28/h3-12H,13-14H2,1-2H3,(H,31,33)/b23-11+. The molecule has 4 rings (SSSR count). The molecule has 1 N–H and O–H groups in total. The van der Waals surface area contributed by atoms with Gasteiger partial charge in [-0.25, -0.2) is 0 Å².